The smallest absolute Gasteiger partial charge is 0.334 e. The van der Waals surface area contributed by atoms with Gasteiger partial charge in [0.15, 0.2) is 6.10 Å². The van der Waals surface area contributed by atoms with Crippen molar-refractivity contribution in [1.82, 2.24) is 0 Å². The summed E-state index contributed by atoms with van der Waals surface area (Å²) in [4.78, 5) is 10.9. The highest BCUT2D eigenvalue weighted by atomic mass is 16.5. The minimum Gasteiger partial charge on any atom is -0.467 e. The predicted octanol–water partition coefficient (Wildman–Crippen LogP) is 1.10. The molecule has 0 amide bonds. The molecule has 1 aliphatic rings. The van der Waals surface area contributed by atoms with Crippen LogP contribution < -0.4 is 0 Å². The Morgan fingerprint density at radius 3 is 2.50 bits per heavy atom. The van der Waals surface area contributed by atoms with Crippen molar-refractivity contribution in [1.29, 1.82) is 0 Å². The molecule has 0 radical (unpaired) electrons. The maximum atomic E-state index is 10.9. The maximum absolute atomic E-state index is 10.9. The second-order valence-electron chi connectivity index (χ2n) is 3.37. The van der Waals surface area contributed by atoms with E-state index in [1.54, 1.807) is 0 Å². The third kappa shape index (κ3) is 2.21. The molecule has 12 heavy (non-hydrogen) atoms. The number of methoxy groups -OCH3 is 1. The first-order valence-corrected chi connectivity index (χ1v) is 4.51. The van der Waals surface area contributed by atoms with Crippen molar-refractivity contribution in [3.8, 4) is 0 Å². The molecular weight excluding hydrogens is 156 g/mol. The van der Waals surface area contributed by atoms with Gasteiger partial charge in [0.05, 0.1) is 7.11 Å². The van der Waals surface area contributed by atoms with E-state index in [1.165, 1.54) is 13.5 Å². The van der Waals surface area contributed by atoms with Crippen LogP contribution in [0.5, 0.6) is 0 Å². The zero-order chi connectivity index (χ0) is 8.97. The topological polar surface area (TPSA) is 46.5 Å². The molecule has 1 atom stereocenters. The van der Waals surface area contributed by atoms with E-state index in [-0.39, 0.29) is 5.92 Å². The average Bonchev–Trinajstić information content (AvgIpc) is 2.17. The highest BCUT2D eigenvalue weighted by molar-refractivity contribution is 5.74. The summed E-state index contributed by atoms with van der Waals surface area (Å²) in [7, 11) is 1.31. The maximum Gasteiger partial charge on any atom is 0.334 e. The normalized spacial score (nSPS) is 21.8. The number of hydrogen-bond donors (Lipinski definition) is 1. The average molecular weight is 172 g/mol. The standard InChI is InChI=1S/C9H16O3/c1-12-9(11)8(10)7-5-3-2-4-6-7/h7-8,10H,2-6H2,1H3/t8-/m0/s1. The van der Waals surface area contributed by atoms with Gasteiger partial charge in [-0.25, -0.2) is 4.79 Å². The first-order chi connectivity index (χ1) is 5.75. The highest BCUT2D eigenvalue weighted by Crippen LogP contribution is 2.26. The molecular formula is C9H16O3. The van der Waals surface area contributed by atoms with E-state index in [9.17, 15) is 9.90 Å². The number of aliphatic hydroxyl groups excluding tert-OH is 1. The summed E-state index contributed by atoms with van der Waals surface area (Å²) in [6.45, 7) is 0. The molecule has 0 spiro atoms. The van der Waals surface area contributed by atoms with Crippen LogP contribution in [0.25, 0.3) is 0 Å². The van der Waals surface area contributed by atoms with Crippen LogP contribution >= 0.6 is 0 Å². The molecule has 0 bridgehead atoms. The second-order valence-corrected chi connectivity index (χ2v) is 3.37. The number of aliphatic hydroxyl groups is 1. The fourth-order valence-corrected chi connectivity index (χ4v) is 1.76. The number of hydrogen-bond acceptors (Lipinski definition) is 3. The molecule has 1 saturated carbocycles. The molecule has 1 aliphatic carbocycles. The van der Waals surface area contributed by atoms with Gasteiger partial charge < -0.3 is 9.84 Å². The van der Waals surface area contributed by atoms with Crippen LogP contribution in [0.1, 0.15) is 32.1 Å². The van der Waals surface area contributed by atoms with Crippen molar-refractivity contribution in [2.75, 3.05) is 7.11 Å². The number of carbonyl (C=O) groups excluding carboxylic acids is 1. The van der Waals surface area contributed by atoms with Gasteiger partial charge in [-0.1, -0.05) is 19.3 Å². The molecule has 1 N–H and O–H groups in total. The Morgan fingerprint density at radius 2 is 2.00 bits per heavy atom. The van der Waals surface area contributed by atoms with Gasteiger partial charge in [-0.15, -0.1) is 0 Å². The summed E-state index contributed by atoms with van der Waals surface area (Å²) in [5, 5.41) is 9.47. The van der Waals surface area contributed by atoms with Gasteiger partial charge in [-0.2, -0.15) is 0 Å². The highest BCUT2D eigenvalue weighted by Gasteiger charge is 2.27. The Kier molecular flexibility index (Phi) is 3.53. The van der Waals surface area contributed by atoms with Crippen molar-refractivity contribution in [3.05, 3.63) is 0 Å². The van der Waals surface area contributed by atoms with Gasteiger partial charge in [-0.05, 0) is 18.8 Å². The molecule has 0 aromatic carbocycles. The molecule has 3 nitrogen and oxygen atoms in total. The molecule has 0 aliphatic heterocycles. The number of esters is 1. The van der Waals surface area contributed by atoms with Crippen molar-refractivity contribution < 1.29 is 14.6 Å². The van der Waals surface area contributed by atoms with Crippen LogP contribution in [0.2, 0.25) is 0 Å². The molecule has 3 heteroatoms. The van der Waals surface area contributed by atoms with Crippen LogP contribution in [0.15, 0.2) is 0 Å². The molecule has 0 heterocycles. The Labute approximate surface area is 72.7 Å². The lowest BCUT2D eigenvalue weighted by Gasteiger charge is -2.24. The number of rotatable bonds is 2. The van der Waals surface area contributed by atoms with Gasteiger partial charge in [-0.3, -0.25) is 0 Å². The third-order valence-electron chi connectivity index (χ3n) is 2.54. The molecule has 70 valence electrons. The molecule has 1 fully saturated rings. The Bertz CT molecular complexity index is 150. The van der Waals surface area contributed by atoms with Gasteiger partial charge >= 0.3 is 5.97 Å². The quantitative estimate of drug-likeness (QED) is 0.634. The lowest BCUT2D eigenvalue weighted by atomic mass is 9.85. The van der Waals surface area contributed by atoms with Crippen molar-refractivity contribution in [3.63, 3.8) is 0 Å². The van der Waals surface area contributed by atoms with E-state index < -0.39 is 12.1 Å². The van der Waals surface area contributed by atoms with Gasteiger partial charge in [0.1, 0.15) is 0 Å². The van der Waals surface area contributed by atoms with E-state index in [1.807, 2.05) is 0 Å². The Morgan fingerprint density at radius 1 is 1.42 bits per heavy atom. The van der Waals surface area contributed by atoms with Crippen LogP contribution in [0.4, 0.5) is 0 Å². The van der Waals surface area contributed by atoms with E-state index in [0.29, 0.717) is 0 Å². The van der Waals surface area contributed by atoms with Gasteiger partial charge in [0, 0.05) is 0 Å². The first kappa shape index (κ1) is 9.52. The Balaban J connectivity index is 2.39. The van der Waals surface area contributed by atoms with E-state index in [0.717, 1.165) is 25.7 Å². The van der Waals surface area contributed by atoms with E-state index >= 15 is 0 Å². The summed E-state index contributed by atoms with van der Waals surface area (Å²) in [6, 6.07) is 0. The van der Waals surface area contributed by atoms with Crippen LogP contribution in [-0.4, -0.2) is 24.3 Å². The molecule has 0 saturated heterocycles. The SMILES string of the molecule is COC(=O)[C@@H](O)C1CCCCC1. The molecule has 0 aromatic heterocycles. The van der Waals surface area contributed by atoms with Crippen LogP contribution in [-0.2, 0) is 9.53 Å². The molecule has 0 unspecified atom stereocenters. The summed E-state index contributed by atoms with van der Waals surface area (Å²) in [6.07, 6.45) is 4.49. The lowest BCUT2D eigenvalue weighted by Crippen LogP contribution is -2.31. The molecule has 1 rings (SSSR count). The summed E-state index contributed by atoms with van der Waals surface area (Å²) in [5.74, 6) is -0.354. The fourth-order valence-electron chi connectivity index (χ4n) is 1.76. The zero-order valence-corrected chi connectivity index (χ0v) is 7.45. The first-order valence-electron chi connectivity index (χ1n) is 4.51. The largest absolute Gasteiger partial charge is 0.467 e. The van der Waals surface area contributed by atoms with Gasteiger partial charge in [0.25, 0.3) is 0 Å². The number of ether oxygens (including phenoxy) is 1. The zero-order valence-electron chi connectivity index (χ0n) is 7.45. The number of carbonyl (C=O) groups is 1. The monoisotopic (exact) mass is 172 g/mol. The van der Waals surface area contributed by atoms with Crippen molar-refractivity contribution in [2.45, 2.75) is 38.2 Å². The predicted molar refractivity (Wildman–Crippen MR) is 44.6 cm³/mol. The summed E-state index contributed by atoms with van der Waals surface area (Å²) < 4.78 is 4.48. The lowest BCUT2D eigenvalue weighted by molar-refractivity contribution is -0.154. The minimum atomic E-state index is -0.893. The second kappa shape index (κ2) is 4.45. The third-order valence-corrected chi connectivity index (χ3v) is 2.54. The van der Waals surface area contributed by atoms with E-state index in [2.05, 4.69) is 4.74 Å². The summed E-state index contributed by atoms with van der Waals surface area (Å²) >= 11 is 0. The minimum absolute atomic E-state index is 0.131. The van der Waals surface area contributed by atoms with Crippen molar-refractivity contribution >= 4 is 5.97 Å². The fraction of sp³-hybridized carbons (Fsp3) is 0.889. The Hall–Kier alpha value is -0.570. The molecule has 0 aromatic rings. The van der Waals surface area contributed by atoms with Crippen LogP contribution in [0, 0.1) is 5.92 Å². The summed E-state index contributed by atoms with van der Waals surface area (Å²) in [5.41, 5.74) is 0. The van der Waals surface area contributed by atoms with Crippen molar-refractivity contribution in [2.24, 2.45) is 5.92 Å². The van der Waals surface area contributed by atoms with Crippen LogP contribution in [0.3, 0.4) is 0 Å². The van der Waals surface area contributed by atoms with Gasteiger partial charge in [0.2, 0.25) is 0 Å². The van der Waals surface area contributed by atoms with E-state index in [4.69, 9.17) is 0 Å².